The summed E-state index contributed by atoms with van der Waals surface area (Å²) < 4.78 is 62.6. The number of thioether (sulfide) groups is 1. The number of rotatable bonds is 41. The zero-order valence-electron chi connectivity index (χ0n) is 43.5. The number of hydrogen-bond acceptors (Lipinski definition) is 18. The van der Waals surface area contributed by atoms with Crippen molar-refractivity contribution in [2.45, 2.75) is 200 Å². The van der Waals surface area contributed by atoms with Crippen molar-refractivity contribution >= 4 is 69.1 Å². The Morgan fingerprint density at radius 1 is 0.824 bits per heavy atom. The quantitative estimate of drug-likeness (QED) is 0.0230. The van der Waals surface area contributed by atoms with Gasteiger partial charge in [0.15, 0.2) is 22.8 Å². The molecule has 1 fully saturated rings. The zero-order chi connectivity index (χ0) is 54.8. The molecule has 2 amide bonds. The number of nitrogens with two attached hydrogens (primary N) is 1. The van der Waals surface area contributed by atoms with Gasteiger partial charge < -0.3 is 50.9 Å². The molecule has 2 aromatic rings. The Bertz CT molecular complexity index is 2140. The maximum atomic E-state index is 12.8. The first-order valence-electron chi connectivity index (χ1n) is 26.0. The molecular formula is C46H84N7O17P3S. The van der Waals surface area contributed by atoms with Crippen LogP contribution in [-0.4, -0.2) is 123 Å². The van der Waals surface area contributed by atoms with Crippen molar-refractivity contribution in [3.63, 3.8) is 0 Å². The van der Waals surface area contributed by atoms with Crippen LogP contribution in [0, 0.1) is 11.3 Å². The van der Waals surface area contributed by atoms with Crippen LogP contribution in [0.3, 0.4) is 0 Å². The van der Waals surface area contributed by atoms with Crippen molar-refractivity contribution in [1.82, 2.24) is 30.2 Å². The number of nitrogens with one attached hydrogen (secondary N) is 2. The Morgan fingerprint density at radius 3 is 1.95 bits per heavy atom. The molecule has 8 atom stereocenters. The first kappa shape index (κ1) is 65.8. The molecule has 1 aliphatic heterocycles. The highest BCUT2D eigenvalue weighted by molar-refractivity contribution is 8.13. The molecule has 24 nitrogen and oxygen atoms in total. The summed E-state index contributed by atoms with van der Waals surface area (Å²) in [5.74, 6) is -0.736. The smallest absolute Gasteiger partial charge is 0.386 e. The molecule has 10 N–H and O–H groups in total. The fourth-order valence-electron chi connectivity index (χ4n) is 8.31. The van der Waals surface area contributed by atoms with Crippen LogP contribution in [0.1, 0.15) is 175 Å². The van der Waals surface area contributed by atoms with Gasteiger partial charge in [-0.05, 0) is 5.92 Å². The molecule has 74 heavy (non-hydrogen) atoms. The SMILES string of the molecule is CCCCCCCCCCCCCCCCCCCCCC(C)CC(=O)SCCNC(=O)CCNC(=O)C(O)C(C)(C)COP(=O)(O)OP(=O)(O)OCC1OC(n2cnc3c(N)ncnc32)C(O)C1OP(=O)(O)O. The molecule has 0 spiro atoms. The Balaban J connectivity index is 1.24. The third kappa shape index (κ3) is 25.8. The van der Waals surface area contributed by atoms with E-state index in [1.165, 1.54) is 141 Å². The molecular weight excluding hydrogens is 1050 g/mol. The van der Waals surface area contributed by atoms with Gasteiger partial charge >= 0.3 is 23.5 Å². The van der Waals surface area contributed by atoms with Crippen LogP contribution in [0.2, 0.25) is 0 Å². The summed E-state index contributed by atoms with van der Waals surface area (Å²) in [5, 5.41) is 26.8. The second kappa shape index (κ2) is 33.8. The number of phosphoric acid groups is 3. The average Bonchev–Trinajstić information content (AvgIpc) is 3.89. The molecule has 0 aromatic carbocycles. The van der Waals surface area contributed by atoms with E-state index in [2.05, 4.69) is 48.3 Å². The number of hydrogen-bond donors (Lipinski definition) is 9. The minimum Gasteiger partial charge on any atom is -0.386 e. The fraction of sp³-hybridized carbons (Fsp3) is 0.826. The number of imidazole rings is 1. The fourth-order valence-corrected chi connectivity index (χ4v) is 12.0. The molecule has 1 aliphatic rings. The number of carbonyl (C=O) groups excluding carboxylic acids is 3. The van der Waals surface area contributed by atoms with Crippen molar-refractivity contribution in [2.24, 2.45) is 11.3 Å². The standard InChI is InChI=1S/C46H84N7O17P3S/c1-5-6-7-8-9-10-11-12-13-14-15-16-17-18-19-20-21-22-23-24-34(2)29-37(55)74-28-27-48-36(54)25-26-49-44(58)41(57)46(3,4)31-67-73(64,65)70-72(62,63)66-30-35-40(69-71(59,60)61)39(56)45(68-35)53-33-52-38-42(47)50-32-51-43(38)53/h32-35,39-41,45,56-57H,5-31H2,1-4H3,(H,48,54)(H,49,58)(H,62,63)(H,64,65)(H2,47,50,51)(H2,59,60,61). The summed E-state index contributed by atoms with van der Waals surface area (Å²) in [6, 6.07) is 0. The minimum absolute atomic E-state index is 0.0344. The number of aromatic nitrogens is 4. The summed E-state index contributed by atoms with van der Waals surface area (Å²) in [6.45, 7) is 4.94. The van der Waals surface area contributed by atoms with Crippen LogP contribution >= 0.6 is 35.2 Å². The molecule has 3 rings (SSSR count). The molecule has 28 heteroatoms. The van der Waals surface area contributed by atoms with E-state index in [1.54, 1.807) is 0 Å². The second-order valence-corrected chi connectivity index (χ2v) is 25.1. The monoisotopic (exact) mass is 1130 g/mol. The van der Waals surface area contributed by atoms with Crippen molar-refractivity contribution in [3.8, 4) is 0 Å². The summed E-state index contributed by atoms with van der Waals surface area (Å²) in [6.07, 6.45) is 20.0. The molecule has 1 saturated heterocycles. The van der Waals surface area contributed by atoms with Crippen molar-refractivity contribution in [3.05, 3.63) is 12.7 Å². The van der Waals surface area contributed by atoms with E-state index >= 15 is 0 Å². The predicted molar refractivity (Wildman–Crippen MR) is 279 cm³/mol. The van der Waals surface area contributed by atoms with Gasteiger partial charge in [-0.2, -0.15) is 4.31 Å². The Morgan fingerprint density at radius 2 is 1.38 bits per heavy atom. The van der Waals surface area contributed by atoms with Gasteiger partial charge in [0, 0.05) is 37.1 Å². The molecule has 0 saturated carbocycles. The molecule has 0 aliphatic carbocycles. The lowest BCUT2D eigenvalue weighted by molar-refractivity contribution is -0.137. The number of carbonyl (C=O) groups is 3. The number of nitrogens with zero attached hydrogens (tertiary/aromatic N) is 4. The van der Waals surface area contributed by atoms with Gasteiger partial charge in [0.25, 0.3) is 0 Å². The number of unbranched alkanes of at least 4 members (excludes halogenated alkanes) is 18. The molecule has 2 aromatic heterocycles. The van der Waals surface area contributed by atoms with Gasteiger partial charge in [0.1, 0.15) is 36.3 Å². The first-order chi connectivity index (χ1) is 34.9. The van der Waals surface area contributed by atoms with E-state index in [0.29, 0.717) is 12.2 Å². The van der Waals surface area contributed by atoms with E-state index in [-0.39, 0.29) is 47.5 Å². The van der Waals surface area contributed by atoms with Crippen molar-refractivity contribution < 1.29 is 80.5 Å². The van der Waals surface area contributed by atoms with Gasteiger partial charge in [0.05, 0.1) is 19.5 Å². The van der Waals surface area contributed by atoms with Crippen LogP contribution in [-0.2, 0) is 50.7 Å². The molecule has 0 bridgehead atoms. The summed E-state index contributed by atoms with van der Waals surface area (Å²) in [5.41, 5.74) is 4.30. The highest BCUT2D eigenvalue weighted by Gasteiger charge is 2.50. The summed E-state index contributed by atoms with van der Waals surface area (Å²) in [4.78, 5) is 88.9. The van der Waals surface area contributed by atoms with Crippen LogP contribution in [0.4, 0.5) is 5.82 Å². The van der Waals surface area contributed by atoms with Crippen molar-refractivity contribution in [1.29, 1.82) is 0 Å². The van der Waals surface area contributed by atoms with Gasteiger partial charge in [-0.3, -0.25) is 32.5 Å². The van der Waals surface area contributed by atoms with Crippen LogP contribution in [0.25, 0.3) is 11.2 Å². The number of aliphatic hydroxyl groups is 2. The van der Waals surface area contributed by atoms with Crippen LogP contribution in [0.5, 0.6) is 0 Å². The molecule has 8 unspecified atom stereocenters. The Labute approximate surface area is 439 Å². The first-order valence-corrected chi connectivity index (χ1v) is 31.5. The maximum Gasteiger partial charge on any atom is 0.481 e. The number of nitrogen functional groups attached to an aromatic ring is 1. The third-order valence-electron chi connectivity index (χ3n) is 12.6. The number of anilines is 1. The predicted octanol–water partition coefficient (Wildman–Crippen LogP) is 7.51. The summed E-state index contributed by atoms with van der Waals surface area (Å²) in [7, 11) is -16.4. The number of aliphatic hydroxyl groups excluding tert-OH is 2. The number of ether oxygens (including phenoxy) is 1. The number of fused-ring (bicyclic) bond motifs is 1. The highest BCUT2D eigenvalue weighted by atomic mass is 32.2. The number of phosphoric ester groups is 3. The average molecular weight is 1130 g/mol. The topological polar surface area (TPSA) is 364 Å². The van der Waals surface area contributed by atoms with Gasteiger partial charge in [-0.15, -0.1) is 0 Å². The minimum atomic E-state index is -5.58. The third-order valence-corrected chi connectivity index (χ3v) is 16.6. The van der Waals surface area contributed by atoms with Crippen LogP contribution < -0.4 is 16.4 Å². The van der Waals surface area contributed by atoms with E-state index < -0.39 is 84.6 Å². The highest BCUT2D eigenvalue weighted by Crippen LogP contribution is 2.61. The summed E-state index contributed by atoms with van der Waals surface area (Å²) >= 11 is 1.17. The van der Waals surface area contributed by atoms with E-state index in [9.17, 15) is 57.9 Å². The largest absolute Gasteiger partial charge is 0.481 e. The van der Waals surface area contributed by atoms with Crippen molar-refractivity contribution in [2.75, 3.05) is 37.8 Å². The second-order valence-electron chi connectivity index (χ2n) is 19.8. The molecule has 426 valence electrons. The zero-order valence-corrected chi connectivity index (χ0v) is 47.0. The van der Waals surface area contributed by atoms with Gasteiger partial charge in [-0.1, -0.05) is 168 Å². The van der Waals surface area contributed by atoms with E-state index in [0.717, 1.165) is 30.1 Å². The Hall–Kier alpha value is -2.44. The molecule has 3 heterocycles. The maximum absolute atomic E-state index is 12.8. The Kier molecular flexibility index (Phi) is 30.0. The lowest BCUT2D eigenvalue weighted by Gasteiger charge is -2.30. The lowest BCUT2D eigenvalue weighted by atomic mass is 9.87. The van der Waals surface area contributed by atoms with Gasteiger partial charge in [-0.25, -0.2) is 28.6 Å². The normalized spacial score (nSPS) is 19.8. The van der Waals surface area contributed by atoms with Gasteiger partial charge in [0.2, 0.25) is 11.8 Å². The van der Waals surface area contributed by atoms with Crippen LogP contribution in [0.15, 0.2) is 12.7 Å². The van der Waals surface area contributed by atoms with E-state index in [4.69, 9.17) is 19.5 Å². The van der Waals surface area contributed by atoms with E-state index in [1.807, 2.05) is 0 Å². The number of amides is 2. The molecule has 0 radical (unpaired) electrons. The lowest BCUT2D eigenvalue weighted by Crippen LogP contribution is -2.46.